The molecule has 15 heteroatoms. The van der Waals surface area contributed by atoms with E-state index in [9.17, 15) is 18.0 Å². The molecule has 0 bridgehead atoms. The first-order valence-corrected chi connectivity index (χ1v) is 25.1. The highest BCUT2D eigenvalue weighted by Crippen LogP contribution is 2.52. The molecule has 1 fully saturated rings. The van der Waals surface area contributed by atoms with E-state index in [2.05, 4.69) is 70.6 Å². The van der Waals surface area contributed by atoms with Crippen molar-refractivity contribution in [3.05, 3.63) is 43.7 Å². The summed E-state index contributed by atoms with van der Waals surface area (Å²) in [5.74, 6) is 0. The van der Waals surface area contributed by atoms with Crippen LogP contribution in [-0.4, -0.2) is 63.9 Å². The molecule has 2 N–H and O–H groups in total. The molecule has 1 aromatic heterocycles. The average Bonchev–Trinajstić information content (AvgIpc) is 3.35. The minimum atomic E-state index is -4.21. The van der Waals surface area contributed by atoms with E-state index in [1.165, 1.54) is 15.3 Å². The van der Waals surface area contributed by atoms with Gasteiger partial charge in [-0.2, -0.15) is 8.42 Å². The Morgan fingerprint density at radius 3 is 2.02 bits per heavy atom. The van der Waals surface area contributed by atoms with Gasteiger partial charge in [0.2, 0.25) is 0 Å². The Labute approximate surface area is 292 Å². The van der Waals surface area contributed by atoms with Crippen LogP contribution in [0.3, 0.4) is 0 Å². The van der Waals surface area contributed by atoms with Crippen LogP contribution in [0.25, 0.3) is 0 Å². The number of hydrogen-bond donors (Lipinski definition) is 1. The van der Waals surface area contributed by atoms with Gasteiger partial charge in [0.1, 0.15) is 12.2 Å². The van der Waals surface area contributed by atoms with Crippen LogP contribution in [0.15, 0.2) is 26.9 Å². The molecule has 2 aliphatic heterocycles. The maximum Gasteiger partial charge on any atom is 0.333 e. The predicted molar refractivity (Wildman–Crippen MR) is 195 cm³/mol. The molecule has 3 rings (SSSR count). The second-order valence-corrected chi connectivity index (χ2v) is 27.8. The second kappa shape index (κ2) is 14.6. The van der Waals surface area contributed by atoms with Gasteiger partial charge in [-0.3, -0.25) is 13.9 Å². The lowest BCUT2D eigenvalue weighted by Crippen LogP contribution is -2.59. The van der Waals surface area contributed by atoms with Gasteiger partial charge in [-0.05, 0) is 56.0 Å². The third-order valence-corrected chi connectivity index (χ3v) is 21.0. The van der Waals surface area contributed by atoms with E-state index < -0.39 is 56.5 Å². The fourth-order valence-electron chi connectivity index (χ4n) is 5.42. The number of hydrogen-bond acceptors (Lipinski definition) is 9. The molecular weight excluding hydrogens is 723 g/mol. The standard InChI is InChI=1S/C32H58BrN3O8SSi2/c1-23-20-36(29(38)35(27(23)37)19-17-15-13-12-14-16-18-33)28-26(43-47(10,11)31(5,6)7)32(24(34)22-45(39,40)44-32)25(42-28)21-41-46(8,9)30(2,3)4/h20,22,25-26,28H,12-19,21,34H2,1-11H3/t25-,26+,28-,32?/m1/s1. The minimum absolute atomic E-state index is 0.0309. The Morgan fingerprint density at radius 2 is 1.51 bits per heavy atom. The third kappa shape index (κ3) is 8.63. The summed E-state index contributed by atoms with van der Waals surface area (Å²) in [5, 5.41) is 1.46. The van der Waals surface area contributed by atoms with E-state index in [-0.39, 0.29) is 34.5 Å². The minimum Gasteiger partial charge on any atom is -0.414 e. The highest BCUT2D eigenvalue weighted by molar-refractivity contribution is 9.09. The smallest absolute Gasteiger partial charge is 0.333 e. The number of rotatable bonds is 14. The normalized spacial score (nSPS) is 25.1. The van der Waals surface area contributed by atoms with Crippen LogP contribution in [0, 0.1) is 6.92 Å². The number of halogens is 1. The maximum absolute atomic E-state index is 14.2. The first-order valence-electron chi connectivity index (χ1n) is 16.7. The van der Waals surface area contributed by atoms with Crippen molar-refractivity contribution in [2.45, 2.75) is 154 Å². The highest BCUT2D eigenvalue weighted by atomic mass is 79.9. The van der Waals surface area contributed by atoms with Crippen LogP contribution in [0.1, 0.15) is 91.9 Å². The van der Waals surface area contributed by atoms with Crippen LogP contribution in [0.5, 0.6) is 0 Å². The second-order valence-electron chi connectivity index (χ2n) is 16.1. The molecule has 0 saturated carbocycles. The summed E-state index contributed by atoms with van der Waals surface area (Å²) in [5.41, 5.74) is 4.18. The van der Waals surface area contributed by atoms with Gasteiger partial charge >= 0.3 is 5.69 Å². The first kappa shape index (κ1) is 40.4. The van der Waals surface area contributed by atoms with Gasteiger partial charge in [-0.1, -0.05) is 83.2 Å². The number of ether oxygens (including phenoxy) is 1. The van der Waals surface area contributed by atoms with Gasteiger partial charge in [-0.15, -0.1) is 0 Å². The molecule has 1 unspecified atom stereocenters. The zero-order chi connectivity index (χ0) is 35.8. The Kier molecular flexibility index (Phi) is 12.6. The lowest BCUT2D eigenvalue weighted by molar-refractivity contribution is -0.0567. The van der Waals surface area contributed by atoms with Gasteiger partial charge < -0.3 is 19.3 Å². The van der Waals surface area contributed by atoms with E-state index in [1.807, 2.05) is 13.1 Å². The van der Waals surface area contributed by atoms with Gasteiger partial charge in [-0.25, -0.2) is 8.98 Å². The summed E-state index contributed by atoms with van der Waals surface area (Å²) in [6.45, 7) is 22.7. The highest BCUT2D eigenvalue weighted by Gasteiger charge is 2.67. The van der Waals surface area contributed by atoms with Crippen molar-refractivity contribution in [1.82, 2.24) is 9.13 Å². The Morgan fingerprint density at radius 1 is 0.957 bits per heavy atom. The average molecular weight is 781 g/mol. The number of unbranched alkanes of at least 4 members (excludes halogenated alkanes) is 5. The van der Waals surface area contributed by atoms with Crippen molar-refractivity contribution < 1.29 is 26.2 Å². The van der Waals surface area contributed by atoms with Crippen molar-refractivity contribution in [3.63, 3.8) is 0 Å². The molecule has 0 radical (unpaired) electrons. The van der Waals surface area contributed by atoms with Crippen LogP contribution in [0.2, 0.25) is 36.3 Å². The summed E-state index contributed by atoms with van der Waals surface area (Å²) in [4.78, 5) is 27.5. The van der Waals surface area contributed by atoms with Gasteiger partial charge in [0.05, 0.1) is 17.7 Å². The van der Waals surface area contributed by atoms with Crippen molar-refractivity contribution in [1.29, 1.82) is 0 Å². The number of aryl methyl sites for hydroxylation is 1. The molecule has 0 amide bonds. The van der Waals surface area contributed by atoms with Gasteiger partial charge in [0.15, 0.2) is 28.5 Å². The molecule has 47 heavy (non-hydrogen) atoms. The molecule has 1 saturated heterocycles. The van der Waals surface area contributed by atoms with Crippen LogP contribution in [0.4, 0.5) is 0 Å². The lowest BCUT2D eigenvalue weighted by atomic mass is 9.89. The molecule has 1 aromatic rings. The van der Waals surface area contributed by atoms with Crippen molar-refractivity contribution >= 4 is 42.7 Å². The first-order chi connectivity index (χ1) is 21.4. The van der Waals surface area contributed by atoms with E-state index in [4.69, 9.17) is 23.5 Å². The fraction of sp³-hybridized carbons (Fsp3) is 0.812. The maximum atomic E-state index is 14.2. The van der Waals surface area contributed by atoms with E-state index in [0.717, 1.165) is 42.8 Å². The van der Waals surface area contributed by atoms with E-state index >= 15 is 0 Å². The summed E-state index contributed by atoms with van der Waals surface area (Å²) in [6.07, 6.45) is 4.09. The van der Waals surface area contributed by atoms with Crippen molar-refractivity contribution in [2.24, 2.45) is 5.73 Å². The van der Waals surface area contributed by atoms with Crippen LogP contribution in [-0.2, 0) is 34.4 Å². The van der Waals surface area contributed by atoms with Gasteiger partial charge in [0, 0.05) is 23.6 Å². The molecule has 0 aliphatic carbocycles. The summed E-state index contributed by atoms with van der Waals surface area (Å²) < 4.78 is 54.9. The molecule has 2 aliphatic rings. The molecule has 0 aromatic carbocycles. The molecule has 11 nitrogen and oxygen atoms in total. The summed E-state index contributed by atoms with van der Waals surface area (Å²) >= 11 is 3.46. The molecule has 4 atom stereocenters. The van der Waals surface area contributed by atoms with Crippen LogP contribution < -0.4 is 17.0 Å². The third-order valence-electron chi connectivity index (χ3n) is 10.5. The van der Waals surface area contributed by atoms with Gasteiger partial charge in [0.25, 0.3) is 15.7 Å². The number of aromatic nitrogens is 2. The summed E-state index contributed by atoms with van der Waals surface area (Å²) in [6, 6.07) is 0. The van der Waals surface area contributed by atoms with Crippen molar-refractivity contribution in [3.8, 4) is 0 Å². The van der Waals surface area contributed by atoms with E-state index in [1.54, 1.807) is 6.92 Å². The quantitative estimate of drug-likeness (QED) is 0.100. The number of nitrogens with two attached hydrogens (primary N) is 1. The molecular formula is C32H58BrN3O8SSi2. The topological polar surface area (TPSA) is 141 Å². The fourth-order valence-corrected chi connectivity index (χ4v) is 9.33. The Hall–Kier alpha value is -1.08. The predicted octanol–water partition coefficient (Wildman–Crippen LogP) is 6.26. The molecule has 270 valence electrons. The Bertz CT molecular complexity index is 1530. The monoisotopic (exact) mass is 779 g/mol. The van der Waals surface area contributed by atoms with Crippen molar-refractivity contribution in [2.75, 3.05) is 11.9 Å². The van der Waals surface area contributed by atoms with Crippen LogP contribution >= 0.6 is 15.9 Å². The number of nitrogens with zero attached hydrogens (tertiary/aromatic N) is 2. The largest absolute Gasteiger partial charge is 0.414 e. The SMILES string of the molecule is Cc1cn([C@@H]2O[C@H](CO[Si](C)(C)C(C)(C)C)C3(OS(=O)(=O)C=C3N)[C@H]2O[Si](C)(C)C(C)(C)C)c(=O)n(CCCCCCCCBr)c1=O. The summed E-state index contributed by atoms with van der Waals surface area (Å²) in [7, 11) is -9.25. The van der Waals surface area contributed by atoms with E-state index in [0.29, 0.717) is 12.0 Å². The zero-order valence-corrected chi connectivity index (χ0v) is 34.7. The molecule has 3 heterocycles. The number of alkyl halides is 1. The lowest BCUT2D eigenvalue weighted by Gasteiger charge is -2.43. The Balaban J connectivity index is 2.15. The zero-order valence-electron chi connectivity index (χ0n) is 30.3. The molecule has 1 spiro atoms.